The van der Waals surface area contributed by atoms with Crippen molar-refractivity contribution in [3.63, 3.8) is 0 Å². The summed E-state index contributed by atoms with van der Waals surface area (Å²) < 4.78 is 0. The molecule has 0 aliphatic heterocycles. The van der Waals surface area contributed by atoms with Gasteiger partial charge in [0.15, 0.2) is 0 Å². The van der Waals surface area contributed by atoms with Crippen molar-refractivity contribution >= 4 is 39.5 Å². The van der Waals surface area contributed by atoms with Gasteiger partial charge in [0.1, 0.15) is 5.71 Å². The summed E-state index contributed by atoms with van der Waals surface area (Å²) in [5, 5.41) is 7.79. The van der Waals surface area contributed by atoms with E-state index >= 15 is 0 Å². The van der Waals surface area contributed by atoms with Crippen LogP contribution in [0.25, 0.3) is 10.8 Å². The van der Waals surface area contributed by atoms with Gasteiger partial charge in [-0.25, -0.2) is 5.43 Å². The number of nitrogens with one attached hydrogen (secondary N) is 1. The maximum Gasteiger partial charge on any atom is 0.281 e. The zero-order valence-corrected chi connectivity index (χ0v) is 12.2. The van der Waals surface area contributed by atoms with Gasteiger partial charge in [0, 0.05) is 16.5 Å². The van der Waals surface area contributed by atoms with Crippen LogP contribution in [-0.2, 0) is 0 Å². The van der Waals surface area contributed by atoms with E-state index in [0.717, 1.165) is 16.3 Å². The summed E-state index contributed by atoms with van der Waals surface area (Å²) in [6.07, 6.45) is 0. The molecule has 2 aromatic carbocycles. The van der Waals surface area contributed by atoms with E-state index in [1.54, 1.807) is 18.2 Å². The summed E-state index contributed by atoms with van der Waals surface area (Å²) in [6, 6.07) is 14.8. The SMILES string of the molecule is O=C(NN=C1C(=O)c2cccc3cccc1c23)c1cccs1. The van der Waals surface area contributed by atoms with Crippen LogP contribution in [0.3, 0.4) is 0 Å². The summed E-state index contributed by atoms with van der Waals surface area (Å²) in [6.45, 7) is 0. The van der Waals surface area contributed by atoms with Crippen LogP contribution in [0.1, 0.15) is 25.6 Å². The van der Waals surface area contributed by atoms with E-state index in [0.29, 0.717) is 10.4 Å². The number of benzene rings is 2. The molecule has 1 heterocycles. The molecule has 0 fully saturated rings. The van der Waals surface area contributed by atoms with E-state index in [4.69, 9.17) is 0 Å². The lowest BCUT2D eigenvalue weighted by molar-refractivity contribution is 0.0959. The summed E-state index contributed by atoms with van der Waals surface area (Å²) in [7, 11) is 0. The Morgan fingerprint density at radius 2 is 1.77 bits per heavy atom. The first-order valence-corrected chi connectivity index (χ1v) is 7.62. The molecule has 0 saturated carbocycles. The van der Waals surface area contributed by atoms with Gasteiger partial charge < -0.3 is 0 Å². The lowest BCUT2D eigenvalue weighted by Crippen LogP contribution is -2.21. The standard InChI is InChI=1S/C17H10N2O2S/c20-16-12-7-2-5-10-4-1-6-11(14(10)12)15(16)18-19-17(21)13-8-3-9-22-13/h1-9H,(H,19,21). The van der Waals surface area contributed by atoms with Gasteiger partial charge in [-0.15, -0.1) is 11.3 Å². The van der Waals surface area contributed by atoms with Gasteiger partial charge in [-0.3, -0.25) is 9.59 Å². The highest BCUT2D eigenvalue weighted by Gasteiger charge is 2.28. The first-order chi connectivity index (χ1) is 10.8. The van der Waals surface area contributed by atoms with E-state index in [-0.39, 0.29) is 17.4 Å². The van der Waals surface area contributed by atoms with E-state index < -0.39 is 0 Å². The Balaban J connectivity index is 1.75. The Morgan fingerprint density at radius 1 is 1.00 bits per heavy atom. The second kappa shape index (κ2) is 4.89. The highest BCUT2D eigenvalue weighted by atomic mass is 32.1. The van der Waals surface area contributed by atoms with Crippen molar-refractivity contribution in [2.75, 3.05) is 0 Å². The maximum atomic E-state index is 12.5. The first-order valence-electron chi connectivity index (χ1n) is 6.74. The van der Waals surface area contributed by atoms with Gasteiger partial charge in [0.25, 0.3) is 5.91 Å². The molecule has 4 rings (SSSR count). The Bertz CT molecular complexity index is 937. The Labute approximate surface area is 130 Å². The lowest BCUT2D eigenvalue weighted by Gasteiger charge is -2.00. The average molecular weight is 306 g/mol. The van der Waals surface area contributed by atoms with Crippen LogP contribution >= 0.6 is 11.3 Å². The number of carbonyl (C=O) groups excluding carboxylic acids is 2. The number of hydrazone groups is 1. The first kappa shape index (κ1) is 12.9. The fourth-order valence-corrected chi connectivity index (χ4v) is 3.27. The van der Waals surface area contributed by atoms with Gasteiger partial charge >= 0.3 is 0 Å². The monoisotopic (exact) mass is 306 g/mol. The van der Waals surface area contributed by atoms with Crippen LogP contribution in [0.2, 0.25) is 0 Å². The van der Waals surface area contributed by atoms with Gasteiger partial charge in [-0.2, -0.15) is 5.10 Å². The number of hydrogen-bond acceptors (Lipinski definition) is 4. The number of hydrogen-bond donors (Lipinski definition) is 1. The third-order valence-corrected chi connectivity index (χ3v) is 4.50. The van der Waals surface area contributed by atoms with Crippen LogP contribution in [0.4, 0.5) is 0 Å². The largest absolute Gasteiger partial charge is 0.287 e. The number of nitrogens with zero attached hydrogens (tertiary/aromatic N) is 1. The minimum atomic E-state index is -0.307. The van der Waals surface area contributed by atoms with Crippen LogP contribution in [0, 0.1) is 0 Å². The molecule has 4 nitrogen and oxygen atoms in total. The molecule has 106 valence electrons. The minimum absolute atomic E-state index is 0.154. The molecule has 1 N–H and O–H groups in total. The molecule has 1 aliphatic carbocycles. The zero-order chi connectivity index (χ0) is 15.1. The third-order valence-electron chi connectivity index (χ3n) is 3.63. The Morgan fingerprint density at radius 3 is 2.50 bits per heavy atom. The average Bonchev–Trinajstić information content (AvgIpc) is 3.16. The molecule has 1 aromatic heterocycles. The van der Waals surface area contributed by atoms with Crippen LogP contribution in [0.15, 0.2) is 59.0 Å². The van der Waals surface area contributed by atoms with Crippen molar-refractivity contribution in [1.29, 1.82) is 0 Å². The molecule has 0 saturated heterocycles. The number of rotatable bonds is 2. The zero-order valence-electron chi connectivity index (χ0n) is 11.4. The molecule has 3 aromatic rings. The predicted octanol–water partition coefficient (Wildman–Crippen LogP) is 3.23. The Hall–Kier alpha value is -2.79. The maximum absolute atomic E-state index is 12.5. The molecule has 0 spiro atoms. The van der Waals surface area contributed by atoms with Gasteiger partial charge in [0.05, 0.1) is 4.88 Å². The Kier molecular flexibility index (Phi) is 2.87. The van der Waals surface area contributed by atoms with Crippen molar-refractivity contribution in [2.24, 2.45) is 5.10 Å². The fraction of sp³-hybridized carbons (Fsp3) is 0. The van der Waals surface area contributed by atoms with Gasteiger partial charge in [0.2, 0.25) is 5.78 Å². The second-order valence-corrected chi connectivity index (χ2v) is 5.86. The van der Waals surface area contributed by atoms with Crippen molar-refractivity contribution < 1.29 is 9.59 Å². The minimum Gasteiger partial charge on any atom is -0.287 e. The summed E-state index contributed by atoms with van der Waals surface area (Å²) in [4.78, 5) is 25.0. The molecule has 22 heavy (non-hydrogen) atoms. The molecular weight excluding hydrogens is 296 g/mol. The van der Waals surface area contributed by atoms with Crippen molar-refractivity contribution in [1.82, 2.24) is 5.43 Å². The van der Waals surface area contributed by atoms with Gasteiger partial charge in [-0.1, -0.05) is 42.5 Å². The number of carbonyl (C=O) groups is 2. The van der Waals surface area contributed by atoms with E-state index in [9.17, 15) is 9.59 Å². The summed E-state index contributed by atoms with van der Waals surface area (Å²) >= 11 is 1.33. The molecule has 0 radical (unpaired) electrons. The normalized spacial score (nSPS) is 14.7. The fourth-order valence-electron chi connectivity index (χ4n) is 2.66. The van der Waals surface area contributed by atoms with Crippen LogP contribution in [0.5, 0.6) is 0 Å². The predicted molar refractivity (Wildman–Crippen MR) is 86.6 cm³/mol. The molecule has 0 bridgehead atoms. The highest BCUT2D eigenvalue weighted by Crippen LogP contribution is 2.30. The van der Waals surface area contributed by atoms with E-state index in [2.05, 4.69) is 10.5 Å². The molecule has 0 atom stereocenters. The third kappa shape index (κ3) is 1.87. The number of Topliss-reactive ketones (excluding diaryl/α,β-unsaturated/α-hetero) is 1. The topological polar surface area (TPSA) is 58.5 Å². The van der Waals surface area contributed by atoms with Crippen molar-refractivity contribution in [2.45, 2.75) is 0 Å². The van der Waals surface area contributed by atoms with E-state index in [1.807, 2.05) is 35.7 Å². The van der Waals surface area contributed by atoms with E-state index in [1.165, 1.54) is 11.3 Å². The van der Waals surface area contributed by atoms with Crippen LogP contribution in [-0.4, -0.2) is 17.4 Å². The smallest absolute Gasteiger partial charge is 0.281 e. The van der Waals surface area contributed by atoms with Gasteiger partial charge in [-0.05, 0) is 16.8 Å². The highest BCUT2D eigenvalue weighted by molar-refractivity contribution is 7.12. The van der Waals surface area contributed by atoms with Crippen molar-refractivity contribution in [3.05, 3.63) is 69.9 Å². The molecule has 1 amide bonds. The number of ketones is 1. The number of amides is 1. The number of thiophene rings is 1. The lowest BCUT2D eigenvalue weighted by atomic mass is 10.1. The molecule has 1 aliphatic rings. The summed E-state index contributed by atoms with van der Waals surface area (Å²) in [5.41, 5.74) is 4.17. The van der Waals surface area contributed by atoms with Crippen LogP contribution < -0.4 is 5.43 Å². The molecule has 5 heteroatoms. The molecular formula is C17H10N2O2S. The molecule has 0 unspecified atom stereocenters. The van der Waals surface area contributed by atoms with Crippen molar-refractivity contribution in [3.8, 4) is 0 Å². The second-order valence-electron chi connectivity index (χ2n) is 4.92. The quantitative estimate of drug-likeness (QED) is 0.739. The summed E-state index contributed by atoms with van der Waals surface area (Å²) in [5.74, 6) is -0.461.